The SMILES string of the molecule is CC[C@H]([C@@H](OC(=O)N1C(C)(C)COC1(C)C)C(=O)OC)N(Cc1ccccc1)Cc1ccccc1. The number of benzene rings is 2. The Morgan fingerprint density at radius 3 is 1.89 bits per heavy atom. The van der Waals surface area contributed by atoms with Gasteiger partial charge in [0.25, 0.3) is 0 Å². The smallest absolute Gasteiger partial charge is 0.413 e. The van der Waals surface area contributed by atoms with E-state index < -0.39 is 35.5 Å². The predicted octanol–water partition coefficient (Wildman–Crippen LogP) is 4.99. The van der Waals surface area contributed by atoms with Gasteiger partial charge in [0, 0.05) is 13.1 Å². The summed E-state index contributed by atoms with van der Waals surface area (Å²) in [5, 5.41) is 0. The fourth-order valence-corrected chi connectivity index (χ4v) is 4.83. The molecule has 0 saturated carbocycles. The summed E-state index contributed by atoms with van der Waals surface area (Å²) in [6, 6.07) is 19.7. The normalized spacial score (nSPS) is 18.2. The third kappa shape index (κ3) is 6.41. The van der Waals surface area contributed by atoms with Crippen LogP contribution in [0.3, 0.4) is 0 Å². The Kier molecular flexibility index (Phi) is 8.56. The molecule has 2 atom stereocenters. The lowest BCUT2D eigenvalue weighted by Gasteiger charge is -2.40. The fraction of sp³-hybridized carbons (Fsp3) is 0.500. The number of hydrogen-bond acceptors (Lipinski definition) is 6. The minimum Gasteiger partial charge on any atom is -0.466 e. The van der Waals surface area contributed by atoms with E-state index >= 15 is 0 Å². The highest BCUT2D eigenvalue weighted by Crippen LogP contribution is 2.35. The van der Waals surface area contributed by atoms with E-state index in [1.54, 1.807) is 4.90 Å². The van der Waals surface area contributed by atoms with Crippen LogP contribution in [0.2, 0.25) is 0 Å². The molecule has 7 nitrogen and oxygen atoms in total. The van der Waals surface area contributed by atoms with E-state index in [-0.39, 0.29) is 0 Å². The molecule has 1 aliphatic rings. The Hall–Kier alpha value is -2.90. The number of nitrogens with zero attached hydrogens (tertiary/aromatic N) is 2. The molecular formula is C28H38N2O5. The van der Waals surface area contributed by atoms with Gasteiger partial charge in [0.1, 0.15) is 5.72 Å². The number of amides is 1. The fourth-order valence-electron chi connectivity index (χ4n) is 4.83. The van der Waals surface area contributed by atoms with E-state index in [0.29, 0.717) is 26.1 Å². The van der Waals surface area contributed by atoms with Gasteiger partial charge in [-0.2, -0.15) is 0 Å². The summed E-state index contributed by atoms with van der Waals surface area (Å²) in [4.78, 5) is 30.2. The molecule has 1 amide bonds. The van der Waals surface area contributed by atoms with Crippen molar-refractivity contribution in [1.82, 2.24) is 9.80 Å². The maximum Gasteiger partial charge on any atom is 0.413 e. The molecule has 3 rings (SSSR count). The summed E-state index contributed by atoms with van der Waals surface area (Å²) < 4.78 is 16.9. The lowest BCUT2D eigenvalue weighted by atomic mass is 10.0. The van der Waals surface area contributed by atoms with Gasteiger partial charge in [-0.05, 0) is 45.2 Å². The Balaban J connectivity index is 1.93. The molecule has 0 aromatic heterocycles. The van der Waals surface area contributed by atoms with Gasteiger partial charge in [0.05, 0.1) is 25.3 Å². The predicted molar refractivity (Wildman–Crippen MR) is 134 cm³/mol. The standard InChI is InChI=1S/C28H38N2O5/c1-7-23(29(18-21-14-10-8-11-15-21)19-22-16-12-9-13-17-22)24(25(31)33-6)35-26(32)30-27(2,3)20-34-28(30,4)5/h8-17,23-24H,7,18-20H2,1-6H3/t23-,24-/m1/s1. The second-order valence-electron chi connectivity index (χ2n) is 10.1. The molecule has 2 aromatic rings. The van der Waals surface area contributed by atoms with Crippen LogP contribution in [0.5, 0.6) is 0 Å². The quantitative estimate of drug-likeness (QED) is 0.469. The molecule has 2 aromatic carbocycles. The maximum atomic E-state index is 13.5. The maximum absolute atomic E-state index is 13.5. The lowest BCUT2D eigenvalue weighted by Crippen LogP contribution is -2.56. The van der Waals surface area contributed by atoms with E-state index in [9.17, 15) is 9.59 Å². The first-order valence-electron chi connectivity index (χ1n) is 12.1. The zero-order valence-corrected chi connectivity index (χ0v) is 21.7. The molecule has 1 saturated heterocycles. The second kappa shape index (κ2) is 11.2. The first-order chi connectivity index (χ1) is 16.6. The minimum absolute atomic E-state index is 0.378. The van der Waals surface area contributed by atoms with Gasteiger partial charge < -0.3 is 14.2 Å². The second-order valence-corrected chi connectivity index (χ2v) is 10.1. The molecule has 7 heteroatoms. The van der Waals surface area contributed by atoms with Gasteiger partial charge in [0.15, 0.2) is 0 Å². The van der Waals surface area contributed by atoms with Gasteiger partial charge >= 0.3 is 12.1 Å². The van der Waals surface area contributed by atoms with Crippen LogP contribution in [-0.2, 0) is 32.1 Å². The summed E-state index contributed by atoms with van der Waals surface area (Å²) in [6.45, 7) is 11.0. The number of esters is 1. The number of hydrogen-bond donors (Lipinski definition) is 0. The molecule has 35 heavy (non-hydrogen) atoms. The molecule has 0 radical (unpaired) electrons. The molecule has 0 spiro atoms. The molecule has 1 aliphatic heterocycles. The van der Waals surface area contributed by atoms with Crippen LogP contribution in [0, 0.1) is 0 Å². The van der Waals surface area contributed by atoms with Crippen LogP contribution >= 0.6 is 0 Å². The first kappa shape index (κ1) is 26.7. The molecule has 0 aliphatic carbocycles. The van der Waals surface area contributed by atoms with Crippen molar-refractivity contribution < 1.29 is 23.8 Å². The van der Waals surface area contributed by atoms with Gasteiger partial charge in [-0.15, -0.1) is 0 Å². The van der Waals surface area contributed by atoms with E-state index in [0.717, 1.165) is 11.1 Å². The van der Waals surface area contributed by atoms with Crippen molar-refractivity contribution in [1.29, 1.82) is 0 Å². The Labute approximate surface area is 209 Å². The molecule has 1 heterocycles. The lowest BCUT2D eigenvalue weighted by molar-refractivity contribution is -0.157. The van der Waals surface area contributed by atoms with Crippen LogP contribution < -0.4 is 0 Å². The monoisotopic (exact) mass is 482 g/mol. The van der Waals surface area contributed by atoms with Crippen LogP contribution in [0.15, 0.2) is 60.7 Å². The number of rotatable bonds is 9. The zero-order valence-electron chi connectivity index (χ0n) is 21.7. The number of carbonyl (C=O) groups excluding carboxylic acids is 2. The van der Waals surface area contributed by atoms with Crippen LogP contribution in [0.4, 0.5) is 4.79 Å². The summed E-state index contributed by atoms with van der Waals surface area (Å²) in [7, 11) is 1.32. The largest absolute Gasteiger partial charge is 0.466 e. The van der Waals surface area contributed by atoms with Gasteiger partial charge in [0.2, 0.25) is 6.10 Å². The van der Waals surface area contributed by atoms with Crippen molar-refractivity contribution in [3.8, 4) is 0 Å². The molecule has 0 N–H and O–H groups in total. The molecule has 1 fully saturated rings. The Bertz CT molecular complexity index is 920. The Morgan fingerprint density at radius 1 is 0.971 bits per heavy atom. The third-order valence-corrected chi connectivity index (χ3v) is 6.46. The highest BCUT2D eigenvalue weighted by Gasteiger charge is 2.51. The van der Waals surface area contributed by atoms with Crippen molar-refractivity contribution in [3.05, 3.63) is 71.8 Å². The summed E-state index contributed by atoms with van der Waals surface area (Å²) in [5.74, 6) is -0.577. The van der Waals surface area contributed by atoms with Gasteiger partial charge in [-0.1, -0.05) is 67.6 Å². The third-order valence-electron chi connectivity index (χ3n) is 6.46. The van der Waals surface area contributed by atoms with Crippen LogP contribution in [-0.4, -0.2) is 59.0 Å². The molecular weight excluding hydrogens is 444 g/mol. The summed E-state index contributed by atoms with van der Waals surface area (Å²) in [6.07, 6.45) is -1.11. The number of ether oxygens (including phenoxy) is 3. The number of methoxy groups -OCH3 is 1. The highest BCUT2D eigenvalue weighted by atomic mass is 16.6. The summed E-state index contributed by atoms with van der Waals surface area (Å²) >= 11 is 0. The number of carbonyl (C=O) groups is 2. The van der Waals surface area contributed by atoms with Crippen molar-refractivity contribution in [2.24, 2.45) is 0 Å². The van der Waals surface area contributed by atoms with Crippen molar-refractivity contribution >= 4 is 12.1 Å². The van der Waals surface area contributed by atoms with E-state index in [2.05, 4.69) is 29.2 Å². The van der Waals surface area contributed by atoms with Crippen molar-refractivity contribution in [3.63, 3.8) is 0 Å². The first-order valence-corrected chi connectivity index (χ1v) is 12.1. The average Bonchev–Trinajstić information content (AvgIpc) is 3.06. The van der Waals surface area contributed by atoms with Crippen LogP contribution in [0.1, 0.15) is 52.2 Å². The van der Waals surface area contributed by atoms with E-state index in [4.69, 9.17) is 14.2 Å². The molecule has 190 valence electrons. The van der Waals surface area contributed by atoms with Crippen molar-refractivity contribution in [2.45, 2.75) is 77.5 Å². The Morgan fingerprint density at radius 2 is 1.49 bits per heavy atom. The van der Waals surface area contributed by atoms with E-state index in [1.807, 2.05) is 71.0 Å². The van der Waals surface area contributed by atoms with Crippen LogP contribution in [0.25, 0.3) is 0 Å². The molecule has 0 bridgehead atoms. The van der Waals surface area contributed by atoms with Gasteiger partial charge in [-0.25, -0.2) is 9.59 Å². The molecule has 0 unspecified atom stereocenters. The van der Waals surface area contributed by atoms with E-state index in [1.165, 1.54) is 7.11 Å². The zero-order chi connectivity index (χ0) is 25.6. The highest BCUT2D eigenvalue weighted by molar-refractivity contribution is 5.80. The van der Waals surface area contributed by atoms with Crippen molar-refractivity contribution in [2.75, 3.05) is 13.7 Å². The van der Waals surface area contributed by atoms with Gasteiger partial charge in [-0.3, -0.25) is 9.80 Å². The minimum atomic E-state index is -1.10. The average molecular weight is 483 g/mol. The topological polar surface area (TPSA) is 68.3 Å². The summed E-state index contributed by atoms with van der Waals surface area (Å²) in [5.41, 5.74) is 0.784.